The zero-order valence-electron chi connectivity index (χ0n) is 16.5. The number of hydrogen-bond acceptors (Lipinski definition) is 3. The summed E-state index contributed by atoms with van der Waals surface area (Å²) >= 11 is 12.5. The Balaban J connectivity index is 1.66. The number of carbonyl (C=O) groups excluding carboxylic acids is 1. The van der Waals surface area contributed by atoms with Gasteiger partial charge in [-0.25, -0.2) is 0 Å². The Labute approximate surface area is 184 Å². The monoisotopic (exact) mass is 441 g/mol. The molecule has 7 heteroatoms. The van der Waals surface area contributed by atoms with Crippen LogP contribution in [-0.2, 0) is 0 Å². The molecule has 154 valence electrons. The zero-order valence-corrected chi connectivity index (χ0v) is 18.0. The fraction of sp³-hybridized carbons (Fsp3) is 0.304. The lowest BCUT2D eigenvalue weighted by atomic mass is 9.95. The molecule has 5 rings (SSSR count). The third-order valence-electron chi connectivity index (χ3n) is 6.14. The van der Waals surface area contributed by atoms with Gasteiger partial charge in [-0.05, 0) is 54.8 Å². The smallest absolute Gasteiger partial charge is 0.273 e. The molecule has 0 spiro atoms. The first-order chi connectivity index (χ1) is 14.6. The summed E-state index contributed by atoms with van der Waals surface area (Å²) in [6, 6.07) is 13.3. The van der Waals surface area contributed by atoms with E-state index in [-0.39, 0.29) is 18.0 Å². The van der Waals surface area contributed by atoms with E-state index in [1.807, 2.05) is 41.3 Å². The van der Waals surface area contributed by atoms with E-state index >= 15 is 0 Å². The van der Waals surface area contributed by atoms with E-state index in [2.05, 4.69) is 10.2 Å². The summed E-state index contributed by atoms with van der Waals surface area (Å²) in [4.78, 5) is 15.5. The van der Waals surface area contributed by atoms with Gasteiger partial charge in [0.05, 0.1) is 28.9 Å². The average Bonchev–Trinajstić information content (AvgIpc) is 3.48. The van der Waals surface area contributed by atoms with Crippen molar-refractivity contribution in [1.82, 2.24) is 15.1 Å². The van der Waals surface area contributed by atoms with Crippen LogP contribution in [0.5, 0.6) is 5.75 Å². The Morgan fingerprint density at radius 2 is 1.80 bits per heavy atom. The van der Waals surface area contributed by atoms with Gasteiger partial charge in [0.15, 0.2) is 0 Å². The van der Waals surface area contributed by atoms with Crippen molar-refractivity contribution in [3.63, 3.8) is 0 Å². The number of halogens is 2. The number of benzene rings is 2. The van der Waals surface area contributed by atoms with Crippen LogP contribution in [0.1, 0.15) is 53.3 Å². The molecule has 1 fully saturated rings. The molecular formula is C23H21Cl2N3O2. The van der Waals surface area contributed by atoms with Crippen LogP contribution in [0.25, 0.3) is 11.3 Å². The van der Waals surface area contributed by atoms with Crippen molar-refractivity contribution in [3.05, 3.63) is 69.3 Å². The van der Waals surface area contributed by atoms with Crippen LogP contribution in [-0.4, -0.2) is 34.2 Å². The Morgan fingerprint density at radius 3 is 2.47 bits per heavy atom. The Hall–Kier alpha value is -2.50. The van der Waals surface area contributed by atoms with Gasteiger partial charge in [0, 0.05) is 17.2 Å². The van der Waals surface area contributed by atoms with Gasteiger partial charge in [0.2, 0.25) is 0 Å². The fourth-order valence-corrected chi connectivity index (χ4v) is 5.01. The maximum Gasteiger partial charge on any atom is 0.273 e. The van der Waals surface area contributed by atoms with Crippen molar-refractivity contribution in [3.8, 4) is 17.0 Å². The Bertz CT molecular complexity index is 1100. The third-order valence-corrected chi connectivity index (χ3v) is 6.88. The molecule has 1 N–H and O–H groups in total. The largest absolute Gasteiger partial charge is 0.497 e. The summed E-state index contributed by atoms with van der Waals surface area (Å²) < 4.78 is 5.28. The predicted octanol–water partition coefficient (Wildman–Crippen LogP) is 5.88. The van der Waals surface area contributed by atoms with Crippen LogP contribution in [0.2, 0.25) is 10.0 Å². The van der Waals surface area contributed by atoms with Crippen molar-refractivity contribution in [2.75, 3.05) is 7.11 Å². The van der Waals surface area contributed by atoms with Crippen molar-refractivity contribution in [2.45, 2.75) is 37.8 Å². The molecule has 1 amide bonds. The number of ether oxygens (including phenoxy) is 1. The third kappa shape index (κ3) is 3.08. The second kappa shape index (κ2) is 7.64. The SMILES string of the molecule is COc1ccc(-c2n[nH]c3c2C(c2ccc(Cl)c(Cl)c2)N(C2CCCC2)C3=O)cc1. The molecule has 1 aliphatic heterocycles. The van der Waals surface area contributed by atoms with Crippen LogP contribution in [0.4, 0.5) is 0 Å². The summed E-state index contributed by atoms with van der Waals surface area (Å²) in [5.74, 6) is 0.774. The van der Waals surface area contributed by atoms with Crippen molar-refractivity contribution in [1.29, 1.82) is 0 Å². The normalized spacial score (nSPS) is 18.8. The summed E-state index contributed by atoms with van der Waals surface area (Å²) in [7, 11) is 1.64. The molecule has 2 aromatic carbocycles. The molecule has 0 bridgehead atoms. The minimum absolute atomic E-state index is 0.000217. The zero-order chi connectivity index (χ0) is 20.8. The highest BCUT2D eigenvalue weighted by molar-refractivity contribution is 6.42. The number of aromatic nitrogens is 2. The highest BCUT2D eigenvalue weighted by Gasteiger charge is 2.45. The summed E-state index contributed by atoms with van der Waals surface area (Å²) in [5.41, 5.74) is 4.11. The molecule has 30 heavy (non-hydrogen) atoms. The highest BCUT2D eigenvalue weighted by atomic mass is 35.5. The number of hydrogen-bond donors (Lipinski definition) is 1. The number of aromatic amines is 1. The average molecular weight is 442 g/mol. The number of carbonyl (C=O) groups is 1. The number of fused-ring (bicyclic) bond motifs is 1. The van der Waals surface area contributed by atoms with E-state index in [1.165, 1.54) is 0 Å². The second-order valence-electron chi connectivity index (χ2n) is 7.82. The minimum Gasteiger partial charge on any atom is -0.497 e. The number of nitrogens with one attached hydrogen (secondary N) is 1. The minimum atomic E-state index is -0.249. The molecule has 1 aliphatic carbocycles. The lowest BCUT2D eigenvalue weighted by Gasteiger charge is -2.32. The van der Waals surface area contributed by atoms with Crippen molar-refractivity contribution in [2.24, 2.45) is 0 Å². The molecule has 1 aromatic heterocycles. The van der Waals surface area contributed by atoms with Crippen LogP contribution >= 0.6 is 23.2 Å². The first kappa shape index (κ1) is 19.5. The lowest BCUT2D eigenvalue weighted by Crippen LogP contribution is -2.37. The van der Waals surface area contributed by atoms with Gasteiger partial charge in [-0.1, -0.05) is 42.1 Å². The van der Waals surface area contributed by atoms with Crippen LogP contribution < -0.4 is 4.74 Å². The van der Waals surface area contributed by atoms with Crippen molar-refractivity contribution >= 4 is 29.1 Å². The van der Waals surface area contributed by atoms with Gasteiger partial charge < -0.3 is 9.64 Å². The quantitative estimate of drug-likeness (QED) is 0.549. The number of rotatable bonds is 4. The molecule has 2 heterocycles. The van der Waals surface area contributed by atoms with Gasteiger partial charge in [-0.2, -0.15) is 5.10 Å². The van der Waals surface area contributed by atoms with E-state index < -0.39 is 0 Å². The molecule has 2 aliphatic rings. The van der Waals surface area contributed by atoms with E-state index in [0.717, 1.165) is 53.8 Å². The van der Waals surface area contributed by atoms with E-state index in [4.69, 9.17) is 27.9 Å². The second-order valence-corrected chi connectivity index (χ2v) is 8.63. The number of amides is 1. The van der Waals surface area contributed by atoms with Gasteiger partial charge in [0.1, 0.15) is 11.4 Å². The maximum absolute atomic E-state index is 13.4. The van der Waals surface area contributed by atoms with E-state index in [9.17, 15) is 4.79 Å². The number of methoxy groups -OCH3 is 1. The van der Waals surface area contributed by atoms with Crippen molar-refractivity contribution < 1.29 is 9.53 Å². The lowest BCUT2D eigenvalue weighted by molar-refractivity contribution is 0.0660. The molecule has 0 radical (unpaired) electrons. The molecule has 1 unspecified atom stereocenters. The van der Waals surface area contributed by atoms with Crippen LogP contribution in [0.15, 0.2) is 42.5 Å². The molecule has 1 atom stereocenters. The first-order valence-corrected chi connectivity index (χ1v) is 10.8. The maximum atomic E-state index is 13.4. The molecular weight excluding hydrogens is 421 g/mol. The number of H-pyrrole nitrogens is 1. The summed E-state index contributed by atoms with van der Waals surface area (Å²) in [6.07, 6.45) is 4.30. The van der Waals surface area contributed by atoms with Gasteiger partial charge >= 0.3 is 0 Å². The first-order valence-electron chi connectivity index (χ1n) is 10.1. The van der Waals surface area contributed by atoms with Gasteiger partial charge in [-0.3, -0.25) is 9.89 Å². The van der Waals surface area contributed by atoms with Gasteiger partial charge in [0.25, 0.3) is 5.91 Å². The fourth-order valence-electron chi connectivity index (χ4n) is 4.70. The summed E-state index contributed by atoms with van der Waals surface area (Å²) in [6.45, 7) is 0. The standard InChI is InChI=1S/C23H21Cl2N3O2/c1-30-16-9-6-13(7-10-16)20-19-21(27-26-20)23(29)28(15-4-2-3-5-15)22(19)14-8-11-17(24)18(25)12-14/h6-12,15,22H,2-5H2,1H3,(H,26,27). The van der Waals surface area contributed by atoms with E-state index in [0.29, 0.717) is 15.7 Å². The molecule has 5 nitrogen and oxygen atoms in total. The Morgan fingerprint density at radius 1 is 1.07 bits per heavy atom. The predicted molar refractivity (Wildman–Crippen MR) is 117 cm³/mol. The molecule has 0 saturated heterocycles. The topological polar surface area (TPSA) is 58.2 Å². The highest BCUT2D eigenvalue weighted by Crippen LogP contribution is 2.46. The number of nitrogens with zero attached hydrogens (tertiary/aromatic N) is 2. The van der Waals surface area contributed by atoms with Crippen LogP contribution in [0.3, 0.4) is 0 Å². The van der Waals surface area contributed by atoms with Gasteiger partial charge in [-0.15, -0.1) is 0 Å². The van der Waals surface area contributed by atoms with Crippen LogP contribution in [0, 0.1) is 0 Å². The Kier molecular flexibility index (Phi) is 4.95. The van der Waals surface area contributed by atoms with E-state index in [1.54, 1.807) is 13.2 Å². The summed E-state index contributed by atoms with van der Waals surface area (Å²) in [5, 5.41) is 8.51. The molecule has 3 aromatic rings. The molecule has 1 saturated carbocycles.